The van der Waals surface area contributed by atoms with Crippen molar-refractivity contribution in [2.24, 2.45) is 0 Å². The molecule has 1 amide bonds. The van der Waals surface area contributed by atoms with Gasteiger partial charge in [0, 0.05) is 17.8 Å². The Morgan fingerprint density at radius 3 is 2.34 bits per heavy atom. The van der Waals surface area contributed by atoms with E-state index in [2.05, 4.69) is 20.0 Å². The number of nitro benzene ring substituents is 1. The van der Waals surface area contributed by atoms with Crippen LogP contribution in [0.2, 0.25) is 0 Å². The van der Waals surface area contributed by atoms with Crippen molar-refractivity contribution in [3.63, 3.8) is 0 Å². The average Bonchev–Trinajstić information content (AvgIpc) is 2.78. The summed E-state index contributed by atoms with van der Waals surface area (Å²) in [7, 11) is -1.35. The standard InChI is InChI=1S/C19H17N5O7S/c1-30-17-11-16(21-19(22-17)31-2)23-32(28,29)13-9-7-12(8-10-13)20-18(25)14-5-3-4-6-15(14)24(26)27/h3-11H,1-2H3,(H,20,25)(H,21,22,23). The lowest BCUT2D eigenvalue weighted by molar-refractivity contribution is -0.385. The zero-order valence-corrected chi connectivity index (χ0v) is 17.6. The van der Waals surface area contributed by atoms with Crippen LogP contribution < -0.4 is 19.5 Å². The van der Waals surface area contributed by atoms with E-state index in [1.54, 1.807) is 0 Å². The Labute approximate surface area is 182 Å². The van der Waals surface area contributed by atoms with Crippen LogP contribution in [0.1, 0.15) is 10.4 Å². The molecule has 0 atom stereocenters. The molecule has 0 saturated heterocycles. The van der Waals surface area contributed by atoms with Gasteiger partial charge in [-0.05, 0) is 30.3 Å². The molecule has 0 radical (unpaired) electrons. The maximum atomic E-state index is 12.7. The lowest BCUT2D eigenvalue weighted by Crippen LogP contribution is -2.16. The van der Waals surface area contributed by atoms with Gasteiger partial charge in [0.2, 0.25) is 5.88 Å². The van der Waals surface area contributed by atoms with Crippen LogP contribution in [0.5, 0.6) is 11.9 Å². The van der Waals surface area contributed by atoms with Crippen LogP contribution in [0.3, 0.4) is 0 Å². The highest BCUT2D eigenvalue weighted by Crippen LogP contribution is 2.23. The number of para-hydroxylation sites is 1. The van der Waals surface area contributed by atoms with Crippen LogP contribution in [0, 0.1) is 10.1 Å². The average molecular weight is 459 g/mol. The number of ether oxygens (including phenoxy) is 2. The van der Waals surface area contributed by atoms with E-state index in [-0.39, 0.29) is 39.5 Å². The van der Waals surface area contributed by atoms with Crippen LogP contribution in [0.4, 0.5) is 17.2 Å². The van der Waals surface area contributed by atoms with E-state index in [0.717, 1.165) is 0 Å². The minimum absolute atomic E-state index is 0.0672. The molecule has 2 N–H and O–H groups in total. The Kier molecular flexibility index (Phi) is 6.49. The van der Waals surface area contributed by atoms with Gasteiger partial charge in [-0.3, -0.25) is 19.6 Å². The second kappa shape index (κ2) is 9.26. The molecule has 12 nitrogen and oxygen atoms in total. The van der Waals surface area contributed by atoms with E-state index < -0.39 is 20.9 Å². The first-order valence-electron chi connectivity index (χ1n) is 8.88. The molecule has 1 aromatic heterocycles. The summed E-state index contributed by atoms with van der Waals surface area (Å²) in [5.41, 5.74) is -0.218. The molecule has 13 heteroatoms. The SMILES string of the molecule is COc1cc(NS(=O)(=O)c2ccc(NC(=O)c3ccccc3[N+](=O)[O-])cc2)nc(OC)n1. The molecule has 0 unspecified atom stereocenters. The molecule has 32 heavy (non-hydrogen) atoms. The molecule has 0 aliphatic heterocycles. The van der Waals surface area contributed by atoms with Crippen molar-refractivity contribution in [1.29, 1.82) is 0 Å². The predicted octanol–water partition coefficient (Wildman–Crippen LogP) is 2.46. The summed E-state index contributed by atoms with van der Waals surface area (Å²) in [6, 6.07) is 11.9. The molecule has 166 valence electrons. The zero-order valence-electron chi connectivity index (χ0n) is 16.8. The quantitative estimate of drug-likeness (QED) is 0.380. The first kappa shape index (κ1) is 22.4. The molecule has 0 saturated carbocycles. The summed E-state index contributed by atoms with van der Waals surface area (Å²) in [4.78, 5) is 30.5. The van der Waals surface area contributed by atoms with Crippen LogP contribution in [0.15, 0.2) is 59.5 Å². The molecular formula is C19H17N5O7S. The third-order valence-corrected chi connectivity index (χ3v) is 5.45. The molecule has 0 aliphatic rings. The molecule has 3 aromatic rings. The van der Waals surface area contributed by atoms with Crippen molar-refractivity contribution in [3.8, 4) is 11.9 Å². The monoisotopic (exact) mass is 459 g/mol. The zero-order chi connectivity index (χ0) is 23.3. The fourth-order valence-corrected chi connectivity index (χ4v) is 3.58. The van der Waals surface area contributed by atoms with Gasteiger partial charge in [-0.1, -0.05) is 12.1 Å². The number of nitrogens with zero attached hydrogens (tertiary/aromatic N) is 3. The largest absolute Gasteiger partial charge is 0.481 e. The lowest BCUT2D eigenvalue weighted by Gasteiger charge is -2.10. The van der Waals surface area contributed by atoms with Gasteiger partial charge in [-0.15, -0.1) is 0 Å². The Bertz CT molecular complexity index is 1240. The van der Waals surface area contributed by atoms with E-state index in [0.29, 0.717) is 0 Å². The van der Waals surface area contributed by atoms with Crippen LogP contribution in [-0.2, 0) is 10.0 Å². The first-order chi connectivity index (χ1) is 15.2. The van der Waals surface area contributed by atoms with Gasteiger partial charge in [-0.25, -0.2) is 8.42 Å². The number of nitro groups is 1. The number of aromatic nitrogens is 2. The van der Waals surface area contributed by atoms with E-state index in [4.69, 9.17) is 9.47 Å². The third-order valence-electron chi connectivity index (χ3n) is 4.08. The van der Waals surface area contributed by atoms with E-state index in [9.17, 15) is 23.3 Å². The number of benzene rings is 2. The van der Waals surface area contributed by atoms with Gasteiger partial charge in [0.15, 0.2) is 5.82 Å². The number of methoxy groups -OCH3 is 2. The van der Waals surface area contributed by atoms with Crippen molar-refractivity contribution in [2.45, 2.75) is 4.90 Å². The van der Waals surface area contributed by atoms with E-state index >= 15 is 0 Å². The Hall–Kier alpha value is -4.26. The number of sulfonamides is 1. The number of carbonyl (C=O) groups excluding carboxylic acids is 1. The highest BCUT2D eigenvalue weighted by atomic mass is 32.2. The maximum absolute atomic E-state index is 12.7. The Morgan fingerprint density at radius 1 is 1.03 bits per heavy atom. The predicted molar refractivity (Wildman–Crippen MR) is 113 cm³/mol. The van der Waals surface area contributed by atoms with E-state index in [1.165, 1.54) is 68.8 Å². The lowest BCUT2D eigenvalue weighted by atomic mass is 10.1. The molecule has 3 rings (SSSR count). The summed E-state index contributed by atoms with van der Waals surface area (Å²) < 4.78 is 37.5. The number of amides is 1. The number of anilines is 2. The van der Waals surface area contributed by atoms with Crippen molar-refractivity contribution in [1.82, 2.24) is 9.97 Å². The smallest absolute Gasteiger partial charge is 0.321 e. The van der Waals surface area contributed by atoms with Crippen LogP contribution in [0.25, 0.3) is 0 Å². The minimum Gasteiger partial charge on any atom is -0.481 e. The van der Waals surface area contributed by atoms with Crippen LogP contribution >= 0.6 is 0 Å². The number of hydrogen-bond acceptors (Lipinski definition) is 9. The fraction of sp³-hybridized carbons (Fsp3) is 0.105. The second-order valence-corrected chi connectivity index (χ2v) is 7.82. The number of rotatable bonds is 8. The maximum Gasteiger partial charge on any atom is 0.321 e. The first-order valence-corrected chi connectivity index (χ1v) is 10.4. The van der Waals surface area contributed by atoms with Crippen molar-refractivity contribution < 1.29 is 27.6 Å². The van der Waals surface area contributed by atoms with Crippen molar-refractivity contribution >= 4 is 33.1 Å². The molecular weight excluding hydrogens is 442 g/mol. The molecule has 2 aromatic carbocycles. The van der Waals surface area contributed by atoms with E-state index in [1.807, 2.05) is 0 Å². The van der Waals surface area contributed by atoms with Gasteiger partial charge in [0.25, 0.3) is 21.6 Å². The molecule has 1 heterocycles. The number of nitrogens with one attached hydrogen (secondary N) is 2. The minimum atomic E-state index is -4.03. The highest BCUT2D eigenvalue weighted by molar-refractivity contribution is 7.92. The van der Waals surface area contributed by atoms with Crippen molar-refractivity contribution in [2.75, 3.05) is 24.3 Å². The van der Waals surface area contributed by atoms with Crippen molar-refractivity contribution in [3.05, 3.63) is 70.3 Å². The molecule has 0 bridgehead atoms. The summed E-state index contributed by atoms with van der Waals surface area (Å²) >= 11 is 0. The normalized spacial score (nSPS) is 10.8. The fourth-order valence-electron chi connectivity index (χ4n) is 2.59. The molecule has 0 aliphatic carbocycles. The highest BCUT2D eigenvalue weighted by Gasteiger charge is 2.20. The summed E-state index contributed by atoms with van der Waals surface area (Å²) in [5, 5.41) is 13.6. The van der Waals surface area contributed by atoms with Gasteiger partial charge in [0.1, 0.15) is 5.56 Å². The second-order valence-electron chi connectivity index (χ2n) is 6.14. The summed E-state index contributed by atoms with van der Waals surface area (Å²) in [6.45, 7) is 0. The van der Waals surface area contributed by atoms with Gasteiger partial charge in [-0.2, -0.15) is 9.97 Å². The van der Waals surface area contributed by atoms with Gasteiger partial charge < -0.3 is 14.8 Å². The molecule has 0 spiro atoms. The summed E-state index contributed by atoms with van der Waals surface area (Å²) in [5.74, 6) is -0.670. The number of carbonyl (C=O) groups is 1. The van der Waals surface area contributed by atoms with Crippen LogP contribution in [-0.4, -0.2) is 43.4 Å². The Balaban J connectivity index is 1.78. The Morgan fingerprint density at radius 2 is 1.72 bits per heavy atom. The molecule has 0 fully saturated rings. The topological polar surface area (TPSA) is 163 Å². The van der Waals surface area contributed by atoms with Gasteiger partial charge in [0.05, 0.1) is 24.0 Å². The number of hydrogen-bond donors (Lipinski definition) is 2. The van der Waals surface area contributed by atoms with Gasteiger partial charge >= 0.3 is 6.01 Å². The third kappa shape index (κ3) is 5.07. The summed E-state index contributed by atoms with van der Waals surface area (Å²) in [6.07, 6.45) is 0.